The number of hydrogen-bond acceptors (Lipinski definition) is 8. The van der Waals surface area contributed by atoms with Gasteiger partial charge in [-0.15, -0.1) is 0 Å². The molecule has 1 unspecified atom stereocenters. The van der Waals surface area contributed by atoms with Crippen LogP contribution in [0.2, 0.25) is 0 Å². The normalized spacial score (nSPS) is 16.3. The molecule has 1 heterocycles. The maximum atomic E-state index is 10.5. The number of allylic oxidation sites excluding steroid dienone is 1. The molecule has 0 spiro atoms. The first-order chi connectivity index (χ1) is 20.5. The molecular weight excluding hydrogens is 553 g/mol. The number of aliphatic hydroxyl groups is 1. The Kier molecular flexibility index (Phi) is 10.7. The number of fused-ring (bicyclic) bond motifs is 1. The predicted molar refractivity (Wildman–Crippen MR) is 165 cm³/mol. The van der Waals surface area contributed by atoms with Crippen LogP contribution in [-0.2, 0) is 0 Å². The Morgan fingerprint density at radius 3 is 2.19 bits per heavy atom. The van der Waals surface area contributed by atoms with Gasteiger partial charge in [0, 0.05) is 6.54 Å². The number of rotatable bonds is 13. The highest BCUT2D eigenvalue weighted by Crippen LogP contribution is 2.40. The van der Waals surface area contributed by atoms with Gasteiger partial charge in [-0.05, 0) is 96.0 Å². The fraction of sp³-hybridized carbons (Fsp3) is 0.394. The zero-order valence-electron chi connectivity index (χ0n) is 24.0. The van der Waals surface area contributed by atoms with Crippen LogP contribution in [0.1, 0.15) is 62.1 Å². The van der Waals surface area contributed by atoms with E-state index in [0.29, 0.717) is 18.0 Å². The molecule has 0 bridgehead atoms. The van der Waals surface area contributed by atoms with Gasteiger partial charge in [0.15, 0.2) is 11.5 Å². The van der Waals surface area contributed by atoms with Gasteiger partial charge in [0.1, 0.15) is 24.2 Å². The number of nitrogens with one attached hydrogen (secondary N) is 1. The van der Waals surface area contributed by atoms with Crippen LogP contribution in [0.3, 0.4) is 0 Å². The quantitative estimate of drug-likeness (QED) is 0.135. The molecule has 0 radical (unpaired) electrons. The maximum absolute atomic E-state index is 10.5. The van der Waals surface area contributed by atoms with Crippen LogP contribution < -0.4 is 24.1 Å². The number of aliphatic hydroxyl groups excluding tert-OH is 1. The highest BCUT2D eigenvalue weighted by atomic mass is 31.2. The van der Waals surface area contributed by atoms with Crippen molar-refractivity contribution in [1.29, 1.82) is 0 Å². The average Bonchev–Trinajstić information content (AvgIpc) is 3.48. The molecule has 0 amide bonds. The van der Waals surface area contributed by atoms with E-state index in [1.54, 1.807) is 12.1 Å². The molecule has 1 fully saturated rings. The molecule has 0 aromatic heterocycles. The van der Waals surface area contributed by atoms with Gasteiger partial charge in [0.05, 0.1) is 0 Å². The molecule has 1 aliphatic carbocycles. The second kappa shape index (κ2) is 14.9. The van der Waals surface area contributed by atoms with Crippen molar-refractivity contribution in [3.8, 4) is 23.0 Å². The predicted octanol–water partition coefficient (Wildman–Crippen LogP) is 6.28. The summed E-state index contributed by atoms with van der Waals surface area (Å²) in [5, 5.41) is 13.9. The smallest absolute Gasteiger partial charge is 0.391 e. The van der Waals surface area contributed by atoms with Crippen molar-refractivity contribution in [3.05, 3.63) is 83.4 Å². The van der Waals surface area contributed by atoms with E-state index in [0.717, 1.165) is 58.2 Å². The Balaban J connectivity index is 1.33. The Labute approximate surface area is 248 Å². The molecule has 8 nitrogen and oxygen atoms in total. The highest BCUT2D eigenvalue weighted by Gasteiger charge is 2.19. The first kappa shape index (κ1) is 30.3. The van der Waals surface area contributed by atoms with Crippen molar-refractivity contribution in [3.63, 3.8) is 0 Å². The Morgan fingerprint density at radius 2 is 1.52 bits per heavy atom. The lowest BCUT2D eigenvalue weighted by molar-refractivity contribution is 0.105. The molecule has 42 heavy (non-hydrogen) atoms. The molecular formula is C33H40NO7P. The van der Waals surface area contributed by atoms with Crippen LogP contribution in [-0.4, -0.2) is 47.5 Å². The Hall–Kier alpha value is -3.13. The Bertz CT molecular complexity index is 1320. The molecule has 224 valence electrons. The van der Waals surface area contributed by atoms with Crippen molar-refractivity contribution >= 4 is 19.7 Å². The summed E-state index contributed by atoms with van der Waals surface area (Å²) in [6, 6.07) is 21.1. The minimum atomic E-state index is -2.49. The maximum Gasteiger partial charge on any atom is 0.391 e. The van der Waals surface area contributed by atoms with Crippen molar-refractivity contribution in [2.45, 2.75) is 51.6 Å². The molecule has 5 rings (SSSR count). The zero-order chi connectivity index (χ0) is 29.3. The van der Waals surface area contributed by atoms with Crippen LogP contribution in [0.15, 0.2) is 66.7 Å². The van der Waals surface area contributed by atoms with Gasteiger partial charge in [-0.1, -0.05) is 56.5 Å². The van der Waals surface area contributed by atoms with E-state index in [4.69, 9.17) is 18.7 Å². The molecule has 3 aromatic carbocycles. The minimum Gasteiger partial charge on any atom is -0.491 e. The van der Waals surface area contributed by atoms with Gasteiger partial charge < -0.3 is 38.9 Å². The molecule has 1 aliphatic heterocycles. The summed E-state index contributed by atoms with van der Waals surface area (Å²) in [4.78, 5) is 18.5. The summed E-state index contributed by atoms with van der Waals surface area (Å²) in [7, 11) is -2.49. The topological polar surface area (TPSA) is 110 Å². The molecule has 1 atom stereocenters. The zero-order valence-corrected chi connectivity index (χ0v) is 24.9. The van der Waals surface area contributed by atoms with E-state index in [9.17, 15) is 14.9 Å². The first-order valence-electron chi connectivity index (χ1n) is 14.7. The van der Waals surface area contributed by atoms with Crippen molar-refractivity contribution in [1.82, 2.24) is 5.32 Å². The van der Waals surface area contributed by atoms with Gasteiger partial charge in [-0.2, -0.15) is 0 Å². The van der Waals surface area contributed by atoms with E-state index in [1.165, 1.54) is 32.1 Å². The van der Waals surface area contributed by atoms with Gasteiger partial charge in [0.2, 0.25) is 6.79 Å². The van der Waals surface area contributed by atoms with Crippen molar-refractivity contribution in [2.24, 2.45) is 5.92 Å². The van der Waals surface area contributed by atoms with Crippen molar-refractivity contribution < 1.29 is 33.6 Å². The number of hydrogen-bond donors (Lipinski definition) is 4. The summed E-state index contributed by atoms with van der Waals surface area (Å²) in [6.07, 6.45) is 6.71. The summed E-state index contributed by atoms with van der Waals surface area (Å²) in [6.45, 7) is 4.02. The molecule has 3 aromatic rings. The van der Waals surface area contributed by atoms with Gasteiger partial charge in [0.25, 0.3) is 0 Å². The number of benzene rings is 3. The molecule has 9 heteroatoms. The molecule has 0 saturated heterocycles. The van der Waals surface area contributed by atoms with Crippen LogP contribution in [0.5, 0.6) is 23.0 Å². The van der Waals surface area contributed by atoms with Crippen LogP contribution in [0, 0.1) is 5.92 Å². The van der Waals surface area contributed by atoms with E-state index in [-0.39, 0.29) is 13.4 Å². The third-order valence-electron chi connectivity index (χ3n) is 7.83. The highest BCUT2D eigenvalue weighted by molar-refractivity contribution is 7.39. The third-order valence-corrected chi connectivity index (χ3v) is 8.20. The van der Waals surface area contributed by atoms with Gasteiger partial charge >= 0.3 is 8.60 Å². The van der Waals surface area contributed by atoms with Gasteiger partial charge in [-0.3, -0.25) is 0 Å². The fourth-order valence-corrected chi connectivity index (χ4v) is 6.03. The lowest BCUT2D eigenvalue weighted by Gasteiger charge is -2.22. The fourth-order valence-electron chi connectivity index (χ4n) is 5.72. The summed E-state index contributed by atoms with van der Waals surface area (Å²) in [5.74, 6) is 3.24. The summed E-state index contributed by atoms with van der Waals surface area (Å²) in [5.41, 5.74) is 5.10. The molecule has 4 N–H and O–H groups in total. The average molecular weight is 594 g/mol. The van der Waals surface area contributed by atoms with Crippen molar-refractivity contribution in [2.75, 3.05) is 26.5 Å². The van der Waals surface area contributed by atoms with E-state index < -0.39 is 14.7 Å². The van der Waals surface area contributed by atoms with E-state index in [2.05, 4.69) is 12.2 Å². The van der Waals surface area contributed by atoms with Crippen LogP contribution in [0.25, 0.3) is 11.1 Å². The second-order valence-corrected chi connectivity index (χ2v) is 11.5. The number of ether oxygens (including phenoxy) is 3. The Morgan fingerprint density at radius 1 is 0.881 bits per heavy atom. The summed E-state index contributed by atoms with van der Waals surface area (Å²) >= 11 is 0. The van der Waals surface area contributed by atoms with Gasteiger partial charge in [-0.25, -0.2) is 0 Å². The van der Waals surface area contributed by atoms with E-state index in [1.807, 2.05) is 54.6 Å². The molecule has 1 saturated carbocycles. The monoisotopic (exact) mass is 593 g/mol. The second-order valence-electron chi connectivity index (χ2n) is 10.8. The lowest BCUT2D eigenvalue weighted by atomic mass is 9.88. The third kappa shape index (κ3) is 8.03. The standard InChI is InChI=1S/C33H40NO7P/c1-2-30(26-12-17-31-32(18-26)40-22-39-31)33(25-10-15-29(16-11-25)41-42(36)37)24-8-13-28(14-9-24)38-21-27(35)20-34-19-23-6-4-3-5-7-23/h8-18,23,27,34-37H,2-7,19-22H2,1H3/b33-30+. The minimum absolute atomic E-state index is 0.212. The van der Waals surface area contributed by atoms with E-state index >= 15 is 0 Å². The SMILES string of the molecule is CC/C(=C(/c1ccc(OCC(O)CNCC2CCCCC2)cc1)c1ccc(OP(O)O)cc1)c1ccc2c(c1)OCO2. The van der Waals surface area contributed by atoms with Crippen LogP contribution >= 0.6 is 8.60 Å². The largest absolute Gasteiger partial charge is 0.491 e. The lowest BCUT2D eigenvalue weighted by Crippen LogP contribution is -2.34. The van der Waals surface area contributed by atoms with Crippen LogP contribution in [0.4, 0.5) is 0 Å². The molecule has 2 aliphatic rings. The first-order valence-corrected chi connectivity index (χ1v) is 15.9. The summed E-state index contributed by atoms with van der Waals surface area (Å²) < 4.78 is 22.2.